The number of aliphatic hydroxyl groups is 1. The number of aliphatic hydroxyl groups excluding tert-OH is 1. The van der Waals surface area contributed by atoms with Crippen LogP contribution in [0.15, 0.2) is 64.1 Å². The van der Waals surface area contributed by atoms with Crippen molar-refractivity contribution in [2.24, 2.45) is 0 Å². The Morgan fingerprint density at radius 3 is 2.53 bits per heavy atom. The molecule has 1 saturated heterocycles. The molecule has 1 amide bonds. The van der Waals surface area contributed by atoms with E-state index in [1.807, 2.05) is 31.2 Å². The van der Waals surface area contributed by atoms with Crippen LogP contribution in [0.5, 0.6) is 5.75 Å². The summed E-state index contributed by atoms with van der Waals surface area (Å²) in [4.78, 5) is 31.5. The van der Waals surface area contributed by atoms with E-state index in [1.165, 1.54) is 16.2 Å². The third kappa shape index (κ3) is 3.42. The van der Waals surface area contributed by atoms with E-state index in [2.05, 4.69) is 20.9 Å². The van der Waals surface area contributed by atoms with Crippen LogP contribution in [0.2, 0.25) is 0 Å². The number of aryl methyl sites for hydroxylation is 1. The third-order valence-electron chi connectivity index (χ3n) is 4.92. The average molecular weight is 485 g/mol. The number of methoxy groups -OCH3 is 1. The zero-order valence-electron chi connectivity index (χ0n) is 16.1. The minimum atomic E-state index is -0.786. The average Bonchev–Trinajstić information content (AvgIpc) is 3.35. The van der Waals surface area contributed by atoms with Crippen molar-refractivity contribution in [2.45, 2.75) is 13.0 Å². The lowest BCUT2D eigenvalue weighted by atomic mass is 9.95. The van der Waals surface area contributed by atoms with Crippen molar-refractivity contribution in [1.29, 1.82) is 0 Å². The summed E-state index contributed by atoms with van der Waals surface area (Å²) in [7, 11) is 1.56. The zero-order valence-corrected chi connectivity index (χ0v) is 18.5. The predicted octanol–water partition coefficient (Wildman–Crippen LogP) is 4.85. The van der Waals surface area contributed by atoms with Gasteiger partial charge in [0.25, 0.3) is 5.78 Å². The van der Waals surface area contributed by atoms with Crippen molar-refractivity contribution in [3.05, 3.63) is 80.8 Å². The summed E-state index contributed by atoms with van der Waals surface area (Å²) < 4.78 is 6.14. The van der Waals surface area contributed by atoms with Crippen LogP contribution >= 0.6 is 27.3 Å². The number of nitrogens with zero attached hydrogens (tertiary/aromatic N) is 2. The number of halogens is 1. The van der Waals surface area contributed by atoms with E-state index >= 15 is 0 Å². The Kier molecular flexibility index (Phi) is 5.44. The largest absolute Gasteiger partial charge is 0.507 e. The normalized spacial score (nSPS) is 18.1. The highest BCUT2D eigenvalue weighted by Gasteiger charge is 2.47. The molecule has 1 aliphatic rings. The molecule has 0 spiro atoms. The van der Waals surface area contributed by atoms with E-state index < -0.39 is 17.7 Å². The lowest BCUT2D eigenvalue weighted by Gasteiger charge is -2.23. The van der Waals surface area contributed by atoms with Crippen LogP contribution < -0.4 is 9.64 Å². The SMILES string of the molecule is COc1ccc(C(O)=C2C(=O)C(=O)N(c3nccs3)C2c2ccc(Br)cc2)cc1C. The first-order chi connectivity index (χ1) is 14.4. The van der Waals surface area contributed by atoms with Gasteiger partial charge < -0.3 is 9.84 Å². The number of aromatic nitrogens is 1. The molecular weight excluding hydrogens is 468 g/mol. The first-order valence-corrected chi connectivity index (χ1v) is 10.7. The van der Waals surface area contributed by atoms with Gasteiger partial charge in [0.2, 0.25) is 0 Å². The van der Waals surface area contributed by atoms with Gasteiger partial charge in [0, 0.05) is 21.6 Å². The molecule has 1 N–H and O–H groups in total. The van der Waals surface area contributed by atoms with Gasteiger partial charge in [0.1, 0.15) is 11.5 Å². The zero-order chi connectivity index (χ0) is 21.4. The number of hydrogen-bond acceptors (Lipinski definition) is 6. The van der Waals surface area contributed by atoms with Crippen LogP contribution in [0.4, 0.5) is 5.13 Å². The van der Waals surface area contributed by atoms with Crippen molar-refractivity contribution in [2.75, 3.05) is 12.0 Å². The number of carbonyl (C=O) groups excluding carboxylic acids is 2. The number of carbonyl (C=O) groups is 2. The Morgan fingerprint density at radius 1 is 1.20 bits per heavy atom. The molecule has 4 rings (SSSR count). The molecule has 6 nitrogen and oxygen atoms in total. The van der Waals surface area contributed by atoms with Crippen LogP contribution in [0.25, 0.3) is 5.76 Å². The van der Waals surface area contributed by atoms with E-state index in [4.69, 9.17) is 4.74 Å². The van der Waals surface area contributed by atoms with Crippen LogP contribution in [0.3, 0.4) is 0 Å². The Hall–Kier alpha value is -2.97. The van der Waals surface area contributed by atoms with Gasteiger partial charge in [-0.25, -0.2) is 4.98 Å². The van der Waals surface area contributed by atoms with Crippen molar-refractivity contribution < 1.29 is 19.4 Å². The lowest BCUT2D eigenvalue weighted by molar-refractivity contribution is -0.132. The maximum atomic E-state index is 13.0. The molecular formula is C22H17BrN2O4S. The summed E-state index contributed by atoms with van der Waals surface area (Å²) in [5.41, 5.74) is 1.96. The van der Waals surface area contributed by atoms with Crippen LogP contribution in [0, 0.1) is 6.92 Å². The van der Waals surface area contributed by atoms with E-state index in [1.54, 1.807) is 36.9 Å². The number of ether oxygens (including phenoxy) is 1. The molecule has 30 heavy (non-hydrogen) atoms. The summed E-state index contributed by atoms with van der Waals surface area (Å²) in [6.07, 6.45) is 1.57. The molecule has 1 atom stereocenters. The number of benzene rings is 2. The van der Waals surface area contributed by atoms with Gasteiger partial charge in [-0.15, -0.1) is 11.3 Å². The second-order valence-corrected chi connectivity index (χ2v) is 8.51. The summed E-state index contributed by atoms with van der Waals surface area (Å²) in [6, 6.07) is 11.6. The van der Waals surface area contributed by atoms with Gasteiger partial charge in [0.05, 0.1) is 18.7 Å². The fourth-order valence-corrected chi connectivity index (χ4v) is 4.44. The molecule has 152 valence electrons. The van der Waals surface area contributed by atoms with Crippen LogP contribution in [-0.4, -0.2) is 28.9 Å². The van der Waals surface area contributed by atoms with Gasteiger partial charge in [-0.2, -0.15) is 0 Å². The van der Waals surface area contributed by atoms with Gasteiger partial charge in [0.15, 0.2) is 5.13 Å². The molecule has 1 aliphatic heterocycles. The Morgan fingerprint density at radius 2 is 1.93 bits per heavy atom. The first kappa shape index (κ1) is 20.3. The van der Waals surface area contributed by atoms with E-state index in [0.29, 0.717) is 22.0 Å². The standard InChI is InChI=1S/C22H17BrN2O4S/c1-12-11-14(5-8-16(12)29-2)19(26)17-18(13-3-6-15(23)7-4-13)25(21(28)20(17)27)22-24-9-10-30-22/h3-11,18,26H,1-2H3. The quantitative estimate of drug-likeness (QED) is 0.325. The second kappa shape index (κ2) is 8.04. The molecule has 0 aliphatic carbocycles. The Labute approximate surface area is 185 Å². The Bertz CT molecular complexity index is 1160. The first-order valence-electron chi connectivity index (χ1n) is 9.03. The van der Waals surface area contributed by atoms with E-state index in [-0.39, 0.29) is 11.3 Å². The van der Waals surface area contributed by atoms with Crippen molar-refractivity contribution >= 4 is 49.8 Å². The molecule has 0 saturated carbocycles. The van der Waals surface area contributed by atoms with Crippen molar-refractivity contribution in [3.63, 3.8) is 0 Å². The maximum absolute atomic E-state index is 13.0. The Balaban J connectivity index is 1.92. The van der Waals surface area contributed by atoms with Gasteiger partial charge >= 0.3 is 5.91 Å². The van der Waals surface area contributed by atoms with E-state index in [0.717, 1.165) is 10.0 Å². The molecule has 2 heterocycles. The number of anilines is 1. The number of amides is 1. The predicted molar refractivity (Wildman–Crippen MR) is 119 cm³/mol. The summed E-state index contributed by atoms with van der Waals surface area (Å²) >= 11 is 4.66. The molecule has 1 unspecified atom stereocenters. The number of Topliss-reactive ketones (excluding diaryl/α,β-unsaturated/α-hetero) is 1. The van der Waals surface area contributed by atoms with Crippen LogP contribution in [-0.2, 0) is 9.59 Å². The number of hydrogen-bond donors (Lipinski definition) is 1. The summed E-state index contributed by atoms with van der Waals surface area (Å²) in [5, 5.41) is 13.2. The fourth-order valence-electron chi connectivity index (χ4n) is 3.51. The summed E-state index contributed by atoms with van der Waals surface area (Å²) in [6.45, 7) is 1.84. The maximum Gasteiger partial charge on any atom is 0.301 e. The number of thiazole rings is 1. The van der Waals surface area contributed by atoms with E-state index in [9.17, 15) is 14.7 Å². The van der Waals surface area contributed by atoms with Crippen molar-refractivity contribution in [3.8, 4) is 5.75 Å². The molecule has 1 fully saturated rings. The molecule has 8 heteroatoms. The molecule has 3 aromatic rings. The topological polar surface area (TPSA) is 79.7 Å². The number of rotatable bonds is 4. The monoisotopic (exact) mass is 484 g/mol. The highest BCUT2D eigenvalue weighted by atomic mass is 79.9. The highest BCUT2D eigenvalue weighted by molar-refractivity contribution is 9.10. The molecule has 0 radical (unpaired) electrons. The highest BCUT2D eigenvalue weighted by Crippen LogP contribution is 2.43. The van der Waals surface area contributed by atoms with Gasteiger partial charge in [-0.05, 0) is 48.4 Å². The van der Waals surface area contributed by atoms with Gasteiger partial charge in [-0.3, -0.25) is 14.5 Å². The minimum absolute atomic E-state index is 0.0297. The minimum Gasteiger partial charge on any atom is -0.507 e. The third-order valence-corrected chi connectivity index (χ3v) is 6.22. The summed E-state index contributed by atoms with van der Waals surface area (Å²) in [5.74, 6) is -1.03. The fraction of sp³-hybridized carbons (Fsp3) is 0.136. The smallest absolute Gasteiger partial charge is 0.301 e. The second-order valence-electron chi connectivity index (χ2n) is 6.72. The molecule has 2 aromatic carbocycles. The lowest BCUT2D eigenvalue weighted by Crippen LogP contribution is -2.29. The van der Waals surface area contributed by atoms with Crippen molar-refractivity contribution in [1.82, 2.24) is 4.98 Å². The van der Waals surface area contributed by atoms with Crippen LogP contribution in [0.1, 0.15) is 22.7 Å². The molecule has 0 bridgehead atoms. The molecule has 1 aromatic heterocycles. The number of ketones is 1. The van der Waals surface area contributed by atoms with Gasteiger partial charge in [-0.1, -0.05) is 28.1 Å².